The Balaban J connectivity index is 2.23. The van der Waals surface area contributed by atoms with Crippen molar-refractivity contribution in [2.45, 2.75) is 45.6 Å². The van der Waals surface area contributed by atoms with Crippen LogP contribution in [0, 0.1) is 5.92 Å². The standard InChI is InChI=1S/C17H28N2/c1-4-14-9-8-12-19(13-14)17-11-7-6-10-15(17)16(5-2)18-3/h6-7,10-11,14,16,18H,4-5,8-9,12-13H2,1-3H3. The number of hydrogen-bond acceptors (Lipinski definition) is 2. The maximum absolute atomic E-state index is 3.45. The van der Waals surface area contributed by atoms with Gasteiger partial charge in [-0.25, -0.2) is 0 Å². The molecule has 1 heterocycles. The Bertz CT molecular complexity index is 385. The third-order valence-electron chi connectivity index (χ3n) is 4.51. The number of anilines is 1. The normalized spacial score (nSPS) is 21.4. The monoisotopic (exact) mass is 260 g/mol. The van der Waals surface area contributed by atoms with E-state index in [4.69, 9.17) is 0 Å². The molecule has 0 saturated carbocycles. The predicted molar refractivity (Wildman–Crippen MR) is 83.8 cm³/mol. The highest BCUT2D eigenvalue weighted by molar-refractivity contribution is 5.55. The van der Waals surface area contributed by atoms with Crippen molar-refractivity contribution in [1.29, 1.82) is 0 Å². The van der Waals surface area contributed by atoms with Gasteiger partial charge in [0, 0.05) is 24.8 Å². The van der Waals surface area contributed by atoms with Gasteiger partial charge in [-0.2, -0.15) is 0 Å². The Kier molecular flexibility index (Phi) is 5.26. The van der Waals surface area contributed by atoms with E-state index in [1.807, 2.05) is 0 Å². The van der Waals surface area contributed by atoms with Gasteiger partial charge in [-0.05, 0) is 43.9 Å². The van der Waals surface area contributed by atoms with Crippen molar-refractivity contribution in [3.63, 3.8) is 0 Å². The largest absolute Gasteiger partial charge is 0.371 e. The van der Waals surface area contributed by atoms with E-state index in [2.05, 4.69) is 55.4 Å². The van der Waals surface area contributed by atoms with Crippen LogP contribution in [-0.4, -0.2) is 20.1 Å². The van der Waals surface area contributed by atoms with Crippen LogP contribution < -0.4 is 10.2 Å². The molecular formula is C17H28N2. The van der Waals surface area contributed by atoms with E-state index < -0.39 is 0 Å². The summed E-state index contributed by atoms with van der Waals surface area (Å²) >= 11 is 0. The Morgan fingerprint density at radius 2 is 2.11 bits per heavy atom. The molecule has 0 spiro atoms. The van der Waals surface area contributed by atoms with E-state index in [0.29, 0.717) is 6.04 Å². The maximum Gasteiger partial charge on any atom is 0.0414 e. The van der Waals surface area contributed by atoms with Gasteiger partial charge in [-0.3, -0.25) is 0 Å². The van der Waals surface area contributed by atoms with E-state index >= 15 is 0 Å². The van der Waals surface area contributed by atoms with E-state index in [0.717, 1.165) is 12.3 Å². The van der Waals surface area contributed by atoms with Crippen LogP contribution in [0.1, 0.15) is 51.1 Å². The first-order valence-electron chi connectivity index (χ1n) is 7.81. The number of nitrogens with one attached hydrogen (secondary N) is 1. The van der Waals surface area contributed by atoms with Crippen LogP contribution in [0.25, 0.3) is 0 Å². The van der Waals surface area contributed by atoms with Crippen molar-refractivity contribution in [1.82, 2.24) is 5.32 Å². The molecule has 0 amide bonds. The first kappa shape index (κ1) is 14.4. The molecule has 1 N–H and O–H groups in total. The molecule has 0 bridgehead atoms. The van der Waals surface area contributed by atoms with Crippen LogP contribution in [0.15, 0.2) is 24.3 Å². The van der Waals surface area contributed by atoms with Gasteiger partial charge in [0.1, 0.15) is 0 Å². The molecule has 0 aromatic heterocycles. The molecule has 2 heteroatoms. The molecule has 19 heavy (non-hydrogen) atoms. The lowest BCUT2D eigenvalue weighted by Crippen LogP contribution is -2.36. The predicted octanol–water partition coefficient (Wildman–Crippen LogP) is 3.98. The summed E-state index contributed by atoms with van der Waals surface area (Å²) in [7, 11) is 2.07. The van der Waals surface area contributed by atoms with Gasteiger partial charge in [0.05, 0.1) is 0 Å². The summed E-state index contributed by atoms with van der Waals surface area (Å²) in [6.07, 6.45) is 5.18. The van der Waals surface area contributed by atoms with Gasteiger partial charge >= 0.3 is 0 Å². The van der Waals surface area contributed by atoms with E-state index in [1.165, 1.54) is 43.6 Å². The summed E-state index contributed by atoms with van der Waals surface area (Å²) in [5, 5.41) is 3.45. The van der Waals surface area contributed by atoms with Gasteiger partial charge in [-0.15, -0.1) is 0 Å². The summed E-state index contributed by atoms with van der Waals surface area (Å²) in [5.41, 5.74) is 2.91. The first-order chi connectivity index (χ1) is 9.30. The Hall–Kier alpha value is -1.02. The van der Waals surface area contributed by atoms with E-state index in [-0.39, 0.29) is 0 Å². The maximum atomic E-state index is 3.45. The summed E-state index contributed by atoms with van der Waals surface area (Å²) in [6.45, 7) is 7.02. The summed E-state index contributed by atoms with van der Waals surface area (Å²) < 4.78 is 0. The Morgan fingerprint density at radius 1 is 1.32 bits per heavy atom. The fraction of sp³-hybridized carbons (Fsp3) is 0.647. The van der Waals surface area contributed by atoms with Crippen molar-refractivity contribution in [3.8, 4) is 0 Å². The number of rotatable bonds is 5. The number of nitrogens with zero attached hydrogens (tertiary/aromatic N) is 1. The molecule has 2 rings (SSSR count). The molecule has 106 valence electrons. The molecule has 1 aliphatic heterocycles. The molecule has 1 saturated heterocycles. The van der Waals surface area contributed by atoms with Gasteiger partial charge in [0.15, 0.2) is 0 Å². The zero-order valence-corrected chi connectivity index (χ0v) is 12.7. The molecule has 1 aromatic rings. The topological polar surface area (TPSA) is 15.3 Å². The minimum absolute atomic E-state index is 0.471. The smallest absolute Gasteiger partial charge is 0.0414 e. The SMILES string of the molecule is CCC1CCCN(c2ccccc2C(CC)NC)C1. The van der Waals surface area contributed by atoms with Crippen LogP contribution in [-0.2, 0) is 0 Å². The molecule has 2 nitrogen and oxygen atoms in total. The number of hydrogen-bond donors (Lipinski definition) is 1. The number of benzene rings is 1. The molecular weight excluding hydrogens is 232 g/mol. The van der Waals surface area contributed by atoms with Gasteiger partial charge in [-0.1, -0.05) is 38.5 Å². The molecule has 1 aliphatic rings. The molecule has 1 fully saturated rings. The molecule has 0 aliphatic carbocycles. The van der Waals surface area contributed by atoms with Crippen molar-refractivity contribution in [2.24, 2.45) is 5.92 Å². The number of para-hydroxylation sites is 1. The second-order valence-electron chi connectivity index (χ2n) is 5.67. The highest BCUT2D eigenvalue weighted by Gasteiger charge is 2.22. The van der Waals surface area contributed by atoms with Crippen molar-refractivity contribution in [3.05, 3.63) is 29.8 Å². The van der Waals surface area contributed by atoms with Crippen LogP contribution in [0.4, 0.5) is 5.69 Å². The van der Waals surface area contributed by atoms with Crippen LogP contribution in [0.5, 0.6) is 0 Å². The van der Waals surface area contributed by atoms with Crippen molar-refractivity contribution in [2.75, 3.05) is 25.0 Å². The van der Waals surface area contributed by atoms with Crippen LogP contribution in [0.3, 0.4) is 0 Å². The molecule has 2 unspecified atom stereocenters. The minimum Gasteiger partial charge on any atom is -0.371 e. The quantitative estimate of drug-likeness (QED) is 0.861. The van der Waals surface area contributed by atoms with Crippen LogP contribution >= 0.6 is 0 Å². The number of piperidine rings is 1. The van der Waals surface area contributed by atoms with Gasteiger partial charge < -0.3 is 10.2 Å². The molecule has 0 radical (unpaired) electrons. The van der Waals surface area contributed by atoms with Gasteiger partial charge in [0.2, 0.25) is 0 Å². The van der Waals surface area contributed by atoms with Crippen molar-refractivity contribution < 1.29 is 0 Å². The lowest BCUT2D eigenvalue weighted by Gasteiger charge is -2.36. The third kappa shape index (κ3) is 3.30. The third-order valence-corrected chi connectivity index (χ3v) is 4.51. The molecule has 2 atom stereocenters. The zero-order valence-electron chi connectivity index (χ0n) is 12.7. The average molecular weight is 260 g/mol. The lowest BCUT2D eigenvalue weighted by atomic mass is 9.93. The highest BCUT2D eigenvalue weighted by Crippen LogP contribution is 2.31. The second-order valence-corrected chi connectivity index (χ2v) is 5.67. The zero-order chi connectivity index (χ0) is 13.7. The van der Waals surface area contributed by atoms with Gasteiger partial charge in [0.25, 0.3) is 0 Å². The van der Waals surface area contributed by atoms with E-state index in [1.54, 1.807) is 0 Å². The van der Waals surface area contributed by atoms with Crippen molar-refractivity contribution >= 4 is 5.69 Å². The summed E-state index contributed by atoms with van der Waals surface area (Å²) in [5.74, 6) is 0.872. The summed E-state index contributed by atoms with van der Waals surface area (Å²) in [6, 6.07) is 9.40. The molecule has 1 aromatic carbocycles. The lowest BCUT2D eigenvalue weighted by molar-refractivity contribution is 0.403. The first-order valence-corrected chi connectivity index (χ1v) is 7.81. The van der Waals surface area contributed by atoms with E-state index in [9.17, 15) is 0 Å². The minimum atomic E-state index is 0.471. The second kappa shape index (κ2) is 6.95. The fourth-order valence-corrected chi connectivity index (χ4v) is 3.27. The Labute approximate surface area is 118 Å². The fourth-order valence-electron chi connectivity index (χ4n) is 3.27. The van der Waals surface area contributed by atoms with Crippen LogP contribution in [0.2, 0.25) is 0 Å². The highest BCUT2D eigenvalue weighted by atomic mass is 15.1. The summed E-state index contributed by atoms with van der Waals surface area (Å²) in [4.78, 5) is 2.60. The average Bonchev–Trinajstić information content (AvgIpc) is 2.49. The Morgan fingerprint density at radius 3 is 2.79 bits per heavy atom.